The Morgan fingerprint density at radius 2 is 2.27 bits per heavy atom. The Kier molecular flexibility index (Phi) is 5.56. The molecule has 0 saturated heterocycles. The third-order valence-corrected chi connectivity index (χ3v) is 1.26. The smallest absolute Gasteiger partial charge is 0.404 e. The van der Waals surface area contributed by atoms with Crippen LogP contribution in [-0.4, -0.2) is 37.7 Å². The van der Waals surface area contributed by atoms with E-state index < -0.39 is 6.09 Å². The van der Waals surface area contributed by atoms with Gasteiger partial charge in [-0.15, -0.1) is 0 Å². The van der Waals surface area contributed by atoms with Crippen molar-refractivity contribution >= 4 is 6.09 Å². The summed E-state index contributed by atoms with van der Waals surface area (Å²) in [6.07, 6.45) is 0.139. The van der Waals surface area contributed by atoms with E-state index in [1.807, 2.05) is 11.9 Å². The summed E-state index contributed by atoms with van der Waals surface area (Å²) in [5, 5.41) is 0. The average molecular weight is 159 g/mol. The second-order valence-corrected chi connectivity index (χ2v) is 2.32. The quantitative estimate of drug-likeness (QED) is 0.625. The van der Waals surface area contributed by atoms with E-state index in [1.165, 1.54) is 0 Å². The Morgan fingerprint density at radius 3 is 2.73 bits per heavy atom. The number of amides is 1. The first-order chi connectivity index (χ1) is 5.16. The SMILES string of the molecule is [CH2]CCN(C)CCOC(N)=O. The van der Waals surface area contributed by atoms with Crippen molar-refractivity contribution in [2.24, 2.45) is 5.73 Å². The Balaban J connectivity index is 3.16. The number of hydrogen-bond donors (Lipinski definition) is 1. The van der Waals surface area contributed by atoms with Gasteiger partial charge >= 0.3 is 6.09 Å². The van der Waals surface area contributed by atoms with Crippen LogP contribution in [0, 0.1) is 6.92 Å². The van der Waals surface area contributed by atoms with Crippen LogP contribution in [0.2, 0.25) is 0 Å². The maximum Gasteiger partial charge on any atom is 0.404 e. The van der Waals surface area contributed by atoms with Gasteiger partial charge in [-0.25, -0.2) is 4.79 Å². The molecule has 65 valence electrons. The van der Waals surface area contributed by atoms with Crippen molar-refractivity contribution in [2.45, 2.75) is 6.42 Å². The van der Waals surface area contributed by atoms with E-state index in [2.05, 4.69) is 11.7 Å². The van der Waals surface area contributed by atoms with E-state index in [1.54, 1.807) is 0 Å². The molecule has 0 spiro atoms. The maximum absolute atomic E-state index is 10.1. The van der Waals surface area contributed by atoms with Crippen molar-refractivity contribution in [3.63, 3.8) is 0 Å². The number of nitrogens with zero attached hydrogens (tertiary/aromatic N) is 1. The summed E-state index contributed by atoms with van der Waals surface area (Å²) in [6, 6.07) is 0. The van der Waals surface area contributed by atoms with E-state index >= 15 is 0 Å². The fraction of sp³-hybridized carbons (Fsp3) is 0.714. The molecule has 0 rings (SSSR count). The summed E-state index contributed by atoms with van der Waals surface area (Å²) in [5.74, 6) is 0. The molecule has 0 fully saturated rings. The Morgan fingerprint density at radius 1 is 1.64 bits per heavy atom. The average Bonchev–Trinajstić information content (AvgIpc) is 1.87. The highest BCUT2D eigenvalue weighted by molar-refractivity contribution is 5.64. The lowest BCUT2D eigenvalue weighted by Gasteiger charge is -2.14. The molecule has 1 amide bonds. The zero-order valence-electron chi connectivity index (χ0n) is 6.88. The summed E-state index contributed by atoms with van der Waals surface area (Å²) in [7, 11) is 1.94. The third kappa shape index (κ3) is 7.12. The predicted octanol–water partition coefficient (Wildman–Crippen LogP) is 0.238. The van der Waals surface area contributed by atoms with E-state index in [-0.39, 0.29) is 0 Å². The van der Waals surface area contributed by atoms with Crippen LogP contribution in [0.5, 0.6) is 0 Å². The van der Waals surface area contributed by atoms with Crippen molar-refractivity contribution in [3.05, 3.63) is 6.92 Å². The molecular formula is C7H15N2O2. The lowest BCUT2D eigenvalue weighted by Crippen LogP contribution is -2.26. The first-order valence-corrected chi connectivity index (χ1v) is 3.57. The molecule has 1 radical (unpaired) electrons. The molecular weight excluding hydrogens is 144 g/mol. The number of rotatable bonds is 5. The van der Waals surface area contributed by atoms with Crippen LogP contribution in [0.1, 0.15) is 6.42 Å². The minimum atomic E-state index is -0.715. The monoisotopic (exact) mass is 159 g/mol. The fourth-order valence-electron chi connectivity index (χ4n) is 0.684. The lowest BCUT2D eigenvalue weighted by atomic mass is 10.4. The molecule has 0 aliphatic rings. The number of carbonyl (C=O) groups excluding carboxylic acids is 1. The molecule has 0 heterocycles. The van der Waals surface area contributed by atoms with Gasteiger partial charge in [0.25, 0.3) is 0 Å². The molecule has 0 aliphatic heterocycles. The number of likely N-dealkylation sites (N-methyl/N-ethyl adjacent to an activating group) is 1. The van der Waals surface area contributed by atoms with Gasteiger partial charge in [0.15, 0.2) is 0 Å². The molecule has 0 bridgehead atoms. The molecule has 11 heavy (non-hydrogen) atoms. The summed E-state index contributed by atoms with van der Waals surface area (Å²) in [4.78, 5) is 12.1. The molecule has 4 nitrogen and oxygen atoms in total. The van der Waals surface area contributed by atoms with Crippen LogP contribution < -0.4 is 5.73 Å². The first-order valence-electron chi connectivity index (χ1n) is 3.57. The maximum atomic E-state index is 10.1. The molecule has 0 aromatic heterocycles. The second kappa shape index (κ2) is 5.97. The molecule has 0 unspecified atom stereocenters. The summed E-state index contributed by atoms with van der Waals surface area (Å²) >= 11 is 0. The number of nitrogens with two attached hydrogens (primary N) is 1. The molecule has 0 atom stereocenters. The molecule has 0 saturated carbocycles. The van der Waals surface area contributed by atoms with E-state index in [9.17, 15) is 4.79 Å². The number of hydrogen-bond acceptors (Lipinski definition) is 3. The molecule has 0 aromatic carbocycles. The van der Waals surface area contributed by atoms with Crippen LogP contribution >= 0.6 is 0 Å². The van der Waals surface area contributed by atoms with Gasteiger partial charge in [-0.2, -0.15) is 0 Å². The number of primary amides is 1. The van der Waals surface area contributed by atoms with Gasteiger partial charge in [0.2, 0.25) is 0 Å². The number of carbonyl (C=O) groups is 1. The van der Waals surface area contributed by atoms with Gasteiger partial charge in [0.1, 0.15) is 6.61 Å². The van der Waals surface area contributed by atoms with Gasteiger partial charge < -0.3 is 15.4 Å². The van der Waals surface area contributed by atoms with Crippen LogP contribution in [0.4, 0.5) is 4.79 Å². The Bertz CT molecular complexity index is 117. The summed E-state index contributed by atoms with van der Waals surface area (Å²) in [5.41, 5.74) is 4.76. The van der Waals surface area contributed by atoms with Gasteiger partial charge in [0, 0.05) is 6.54 Å². The van der Waals surface area contributed by atoms with Crippen molar-refractivity contribution in [3.8, 4) is 0 Å². The Labute approximate surface area is 67.3 Å². The van der Waals surface area contributed by atoms with Crippen LogP contribution in [-0.2, 0) is 4.74 Å². The number of ether oxygens (including phenoxy) is 1. The fourth-order valence-corrected chi connectivity index (χ4v) is 0.684. The molecule has 0 aromatic rings. The van der Waals surface area contributed by atoms with Crippen molar-refractivity contribution in [1.82, 2.24) is 4.90 Å². The zero-order chi connectivity index (χ0) is 8.69. The lowest BCUT2D eigenvalue weighted by molar-refractivity contribution is 0.142. The standard InChI is InChI=1S/C7H15N2O2/c1-3-4-9(2)5-6-11-7(8)10/h1,3-6H2,2H3,(H2,8,10). The second-order valence-electron chi connectivity index (χ2n) is 2.32. The minimum Gasteiger partial charge on any atom is -0.448 e. The van der Waals surface area contributed by atoms with Crippen LogP contribution in [0.3, 0.4) is 0 Å². The van der Waals surface area contributed by atoms with Gasteiger partial charge in [-0.3, -0.25) is 0 Å². The van der Waals surface area contributed by atoms with E-state index in [0.29, 0.717) is 13.2 Å². The molecule has 4 heteroatoms. The third-order valence-electron chi connectivity index (χ3n) is 1.26. The topological polar surface area (TPSA) is 55.6 Å². The molecule has 0 aliphatic carbocycles. The first kappa shape index (κ1) is 10.2. The van der Waals surface area contributed by atoms with Gasteiger partial charge in [0.05, 0.1) is 0 Å². The van der Waals surface area contributed by atoms with E-state index in [4.69, 9.17) is 5.73 Å². The van der Waals surface area contributed by atoms with Crippen molar-refractivity contribution in [2.75, 3.05) is 26.7 Å². The molecule has 2 N–H and O–H groups in total. The minimum absolute atomic E-state index is 0.353. The van der Waals surface area contributed by atoms with Gasteiger partial charge in [-0.05, 0) is 20.0 Å². The highest BCUT2D eigenvalue weighted by Crippen LogP contribution is 1.85. The predicted molar refractivity (Wildman–Crippen MR) is 43.0 cm³/mol. The largest absolute Gasteiger partial charge is 0.448 e. The van der Waals surface area contributed by atoms with Crippen molar-refractivity contribution < 1.29 is 9.53 Å². The summed E-state index contributed by atoms with van der Waals surface area (Å²) in [6.45, 7) is 5.66. The van der Waals surface area contributed by atoms with Crippen LogP contribution in [0.25, 0.3) is 0 Å². The van der Waals surface area contributed by atoms with Crippen molar-refractivity contribution in [1.29, 1.82) is 0 Å². The highest BCUT2D eigenvalue weighted by Gasteiger charge is 1.97. The zero-order valence-corrected chi connectivity index (χ0v) is 6.88. The van der Waals surface area contributed by atoms with E-state index in [0.717, 1.165) is 13.0 Å². The summed E-state index contributed by atoms with van der Waals surface area (Å²) < 4.78 is 4.54. The van der Waals surface area contributed by atoms with Crippen LogP contribution in [0.15, 0.2) is 0 Å². The highest BCUT2D eigenvalue weighted by atomic mass is 16.5. The van der Waals surface area contributed by atoms with Gasteiger partial charge in [-0.1, -0.05) is 6.92 Å². The normalized spacial score (nSPS) is 10.1. The Hall–Kier alpha value is -0.770.